The van der Waals surface area contributed by atoms with Crippen LogP contribution in [0, 0.1) is 20.8 Å². The van der Waals surface area contributed by atoms with E-state index in [-0.39, 0.29) is 5.57 Å². The molecule has 1 fully saturated rings. The number of nitrogens with one attached hydrogen (secondary N) is 1. The summed E-state index contributed by atoms with van der Waals surface area (Å²) in [6.07, 6.45) is 4.46. The average Bonchev–Trinajstić information content (AvgIpc) is 3.00. The second-order valence-corrected chi connectivity index (χ2v) is 7.17. The Kier molecular flexibility index (Phi) is 4.79. The van der Waals surface area contributed by atoms with Crippen LogP contribution < -0.4 is 10.2 Å². The molecule has 0 saturated carbocycles. The summed E-state index contributed by atoms with van der Waals surface area (Å²) >= 11 is 0. The number of aryl methyl sites for hydroxylation is 2. The van der Waals surface area contributed by atoms with Crippen LogP contribution in [0.1, 0.15) is 22.5 Å². The van der Waals surface area contributed by atoms with Gasteiger partial charge < -0.3 is 4.57 Å². The van der Waals surface area contributed by atoms with Crippen molar-refractivity contribution < 1.29 is 14.4 Å². The fourth-order valence-electron chi connectivity index (χ4n) is 3.56. The highest BCUT2D eigenvalue weighted by Crippen LogP contribution is 2.25. The van der Waals surface area contributed by atoms with Crippen molar-refractivity contribution in [1.82, 2.24) is 14.9 Å². The predicted octanol–water partition coefficient (Wildman–Crippen LogP) is 3.46. The Morgan fingerprint density at radius 3 is 2.37 bits per heavy atom. The smallest absolute Gasteiger partial charge is 0.318 e. The molecule has 0 radical (unpaired) electrons. The van der Waals surface area contributed by atoms with Crippen molar-refractivity contribution >= 4 is 29.6 Å². The molecule has 30 heavy (non-hydrogen) atoms. The summed E-state index contributed by atoms with van der Waals surface area (Å²) in [5.74, 6) is -1.40. The number of nitrogens with zero attached hydrogens (tertiary/aromatic N) is 3. The summed E-state index contributed by atoms with van der Waals surface area (Å²) in [4.78, 5) is 42.6. The molecule has 0 unspecified atom stereocenters. The van der Waals surface area contributed by atoms with Gasteiger partial charge in [-0.2, -0.15) is 0 Å². The minimum Gasteiger partial charge on any atom is -0.318 e. The van der Waals surface area contributed by atoms with Gasteiger partial charge in [-0.15, -0.1) is 0 Å². The Bertz CT molecular complexity index is 1190. The number of urea groups is 1. The monoisotopic (exact) mass is 400 g/mol. The molecule has 1 aliphatic heterocycles. The van der Waals surface area contributed by atoms with Gasteiger partial charge in [-0.1, -0.05) is 17.7 Å². The maximum Gasteiger partial charge on any atom is 0.336 e. The van der Waals surface area contributed by atoms with Crippen molar-refractivity contribution in [2.45, 2.75) is 20.8 Å². The Labute approximate surface area is 173 Å². The van der Waals surface area contributed by atoms with Crippen molar-refractivity contribution in [1.29, 1.82) is 0 Å². The number of rotatable bonds is 3. The second kappa shape index (κ2) is 7.44. The molecule has 1 saturated heterocycles. The molecule has 1 aliphatic rings. The first-order valence-electron chi connectivity index (χ1n) is 9.44. The van der Waals surface area contributed by atoms with E-state index in [1.807, 2.05) is 51.1 Å². The van der Waals surface area contributed by atoms with Gasteiger partial charge >= 0.3 is 6.03 Å². The van der Waals surface area contributed by atoms with Crippen LogP contribution in [0.15, 0.2) is 60.4 Å². The van der Waals surface area contributed by atoms with Crippen LogP contribution in [0.25, 0.3) is 11.8 Å². The number of barbiturate groups is 1. The van der Waals surface area contributed by atoms with Crippen LogP contribution in [0.4, 0.5) is 10.5 Å². The normalized spacial score (nSPS) is 15.6. The molecule has 1 N–H and O–H groups in total. The molecule has 0 bridgehead atoms. The molecule has 3 aromatic rings. The molecule has 7 heteroatoms. The Morgan fingerprint density at radius 2 is 1.70 bits per heavy atom. The minimum absolute atomic E-state index is 0.109. The van der Waals surface area contributed by atoms with E-state index in [1.165, 1.54) is 18.5 Å². The largest absolute Gasteiger partial charge is 0.336 e. The third-order valence-electron chi connectivity index (χ3n) is 5.07. The van der Waals surface area contributed by atoms with Crippen LogP contribution in [0.3, 0.4) is 0 Å². The zero-order valence-corrected chi connectivity index (χ0v) is 16.8. The molecule has 4 rings (SSSR count). The van der Waals surface area contributed by atoms with Crippen LogP contribution >= 0.6 is 0 Å². The van der Waals surface area contributed by atoms with Crippen molar-refractivity contribution in [2.75, 3.05) is 4.90 Å². The number of aromatic nitrogens is 2. The molecule has 150 valence electrons. The number of pyridine rings is 1. The van der Waals surface area contributed by atoms with Gasteiger partial charge in [0.05, 0.1) is 11.9 Å². The summed E-state index contributed by atoms with van der Waals surface area (Å²) in [6, 6.07) is 12.4. The van der Waals surface area contributed by atoms with Crippen LogP contribution in [-0.2, 0) is 9.59 Å². The third kappa shape index (κ3) is 3.30. The number of amides is 4. The highest BCUT2D eigenvalue weighted by Gasteiger charge is 2.37. The molecule has 1 aromatic carbocycles. The first-order valence-corrected chi connectivity index (χ1v) is 9.44. The fraction of sp³-hybridized carbons (Fsp3) is 0.130. The molecule has 3 heterocycles. The molecule has 0 aliphatic carbocycles. The van der Waals surface area contributed by atoms with E-state index in [4.69, 9.17) is 0 Å². The minimum atomic E-state index is -0.791. The van der Waals surface area contributed by atoms with Gasteiger partial charge in [0, 0.05) is 23.3 Å². The highest BCUT2D eigenvalue weighted by atomic mass is 16.2. The van der Waals surface area contributed by atoms with Crippen LogP contribution in [0.5, 0.6) is 0 Å². The number of anilines is 1. The number of imide groups is 2. The average molecular weight is 400 g/mol. The number of benzene rings is 1. The van der Waals surface area contributed by atoms with E-state index in [9.17, 15) is 14.4 Å². The molecule has 4 amide bonds. The lowest BCUT2D eigenvalue weighted by Crippen LogP contribution is -2.54. The lowest BCUT2D eigenvalue weighted by molar-refractivity contribution is -0.122. The van der Waals surface area contributed by atoms with Gasteiger partial charge in [0.15, 0.2) is 0 Å². The second-order valence-electron chi connectivity index (χ2n) is 7.17. The fourth-order valence-corrected chi connectivity index (χ4v) is 3.56. The summed E-state index contributed by atoms with van der Waals surface area (Å²) in [5.41, 5.74) is 4.92. The maximum atomic E-state index is 13.0. The van der Waals surface area contributed by atoms with Crippen LogP contribution in [0.2, 0.25) is 0 Å². The van der Waals surface area contributed by atoms with Crippen molar-refractivity contribution in [3.8, 4) is 5.69 Å². The zero-order valence-electron chi connectivity index (χ0n) is 16.8. The topological polar surface area (TPSA) is 84.3 Å². The summed E-state index contributed by atoms with van der Waals surface area (Å²) in [7, 11) is 0. The van der Waals surface area contributed by atoms with E-state index in [0.29, 0.717) is 5.69 Å². The Balaban J connectivity index is 1.76. The SMILES string of the molecule is Cc1ccc(-n2c(C)cc(/C=C3/C(=O)NC(=O)N(c4cccnc4)C3=O)c2C)cc1. The summed E-state index contributed by atoms with van der Waals surface area (Å²) in [6.45, 7) is 5.91. The molecule has 0 spiro atoms. The number of hydrogen-bond acceptors (Lipinski definition) is 4. The molecule has 7 nitrogen and oxygen atoms in total. The molecule has 2 aromatic heterocycles. The summed E-state index contributed by atoms with van der Waals surface area (Å²) < 4.78 is 2.06. The predicted molar refractivity (Wildman–Crippen MR) is 113 cm³/mol. The molecular weight excluding hydrogens is 380 g/mol. The van der Waals surface area contributed by atoms with Crippen molar-refractivity contribution in [3.63, 3.8) is 0 Å². The van der Waals surface area contributed by atoms with E-state index >= 15 is 0 Å². The third-order valence-corrected chi connectivity index (χ3v) is 5.07. The Morgan fingerprint density at radius 1 is 0.967 bits per heavy atom. The van der Waals surface area contributed by atoms with Gasteiger partial charge in [-0.3, -0.25) is 19.9 Å². The molecular formula is C23H20N4O3. The van der Waals surface area contributed by atoms with Gasteiger partial charge in [-0.25, -0.2) is 9.69 Å². The van der Waals surface area contributed by atoms with Gasteiger partial charge in [0.2, 0.25) is 0 Å². The van der Waals surface area contributed by atoms with Gasteiger partial charge in [0.1, 0.15) is 5.57 Å². The summed E-state index contributed by atoms with van der Waals surface area (Å²) in [5, 5.41) is 2.23. The lowest BCUT2D eigenvalue weighted by Gasteiger charge is -2.26. The van der Waals surface area contributed by atoms with E-state index in [0.717, 1.165) is 33.1 Å². The highest BCUT2D eigenvalue weighted by molar-refractivity contribution is 6.39. The van der Waals surface area contributed by atoms with Crippen LogP contribution in [-0.4, -0.2) is 27.4 Å². The van der Waals surface area contributed by atoms with E-state index < -0.39 is 17.8 Å². The zero-order chi connectivity index (χ0) is 21.4. The molecule has 0 atom stereocenters. The number of carbonyl (C=O) groups excluding carboxylic acids is 3. The van der Waals surface area contributed by atoms with Crippen molar-refractivity contribution in [2.24, 2.45) is 0 Å². The standard InChI is InChI=1S/C23H20N4O3/c1-14-6-8-18(9-7-14)26-15(2)11-17(16(26)3)12-20-21(28)25-23(30)27(22(20)29)19-5-4-10-24-13-19/h4-13H,1-3H3,(H,25,28,30)/b20-12-. The quantitative estimate of drug-likeness (QED) is 0.539. The first kappa shape index (κ1) is 19.3. The Hall–Kier alpha value is -4.00. The van der Waals surface area contributed by atoms with E-state index in [1.54, 1.807) is 12.1 Å². The first-order chi connectivity index (χ1) is 14.4. The lowest BCUT2D eigenvalue weighted by atomic mass is 10.1. The van der Waals surface area contributed by atoms with Gasteiger partial charge in [0.25, 0.3) is 11.8 Å². The number of carbonyl (C=O) groups is 3. The van der Waals surface area contributed by atoms with Crippen molar-refractivity contribution in [3.05, 3.63) is 82.9 Å². The number of hydrogen-bond donors (Lipinski definition) is 1. The van der Waals surface area contributed by atoms with Gasteiger partial charge in [-0.05, 0) is 62.7 Å². The van der Waals surface area contributed by atoms with E-state index in [2.05, 4.69) is 14.9 Å². The maximum absolute atomic E-state index is 13.0.